The second kappa shape index (κ2) is 4.55. The molecule has 2 aromatic rings. The molecular weight excluding hydrogens is 188 g/mol. The van der Waals surface area contributed by atoms with Gasteiger partial charge in [-0.1, -0.05) is 0 Å². The van der Waals surface area contributed by atoms with Crippen molar-refractivity contribution in [2.45, 2.75) is 6.54 Å². The van der Waals surface area contributed by atoms with E-state index in [4.69, 9.17) is 10.5 Å². The Kier molecular flexibility index (Phi) is 2.93. The molecule has 0 atom stereocenters. The number of rotatable bonds is 4. The third-order valence-corrected chi connectivity index (χ3v) is 2.16. The van der Waals surface area contributed by atoms with E-state index in [1.165, 1.54) is 0 Å². The van der Waals surface area contributed by atoms with Crippen molar-refractivity contribution in [2.75, 3.05) is 12.3 Å². The van der Waals surface area contributed by atoms with Crippen LogP contribution in [0.5, 0.6) is 5.75 Å². The zero-order valence-corrected chi connectivity index (χ0v) is 8.47. The van der Waals surface area contributed by atoms with Gasteiger partial charge >= 0.3 is 0 Å². The van der Waals surface area contributed by atoms with Crippen LogP contribution < -0.4 is 10.5 Å². The van der Waals surface area contributed by atoms with Crippen molar-refractivity contribution in [2.24, 2.45) is 0 Å². The molecule has 1 heterocycles. The number of hydrogen-bond donors (Lipinski definition) is 1. The normalized spacial score (nSPS) is 10.1. The van der Waals surface area contributed by atoms with Crippen molar-refractivity contribution in [1.82, 2.24) is 4.57 Å². The molecule has 0 aliphatic rings. The van der Waals surface area contributed by atoms with E-state index in [2.05, 4.69) is 4.57 Å². The van der Waals surface area contributed by atoms with E-state index >= 15 is 0 Å². The molecule has 1 aromatic heterocycles. The SMILES string of the molecule is Nc1ccc(OCCn2cccc2)cc1. The van der Waals surface area contributed by atoms with Crippen LogP contribution in [0.3, 0.4) is 0 Å². The van der Waals surface area contributed by atoms with Gasteiger partial charge in [0.1, 0.15) is 12.4 Å². The van der Waals surface area contributed by atoms with Crippen LogP contribution >= 0.6 is 0 Å². The first-order valence-electron chi connectivity index (χ1n) is 4.94. The Morgan fingerprint density at radius 1 is 1.07 bits per heavy atom. The van der Waals surface area contributed by atoms with Gasteiger partial charge in [0.2, 0.25) is 0 Å². The van der Waals surface area contributed by atoms with Gasteiger partial charge in [0, 0.05) is 18.1 Å². The quantitative estimate of drug-likeness (QED) is 0.772. The largest absolute Gasteiger partial charge is 0.492 e. The summed E-state index contributed by atoms with van der Waals surface area (Å²) < 4.78 is 7.64. The summed E-state index contributed by atoms with van der Waals surface area (Å²) in [7, 11) is 0. The predicted molar refractivity (Wildman–Crippen MR) is 60.8 cm³/mol. The highest BCUT2D eigenvalue weighted by Gasteiger charge is 1.93. The van der Waals surface area contributed by atoms with Gasteiger partial charge in [0.05, 0.1) is 6.54 Å². The van der Waals surface area contributed by atoms with Gasteiger partial charge in [0.25, 0.3) is 0 Å². The average molecular weight is 202 g/mol. The summed E-state index contributed by atoms with van der Waals surface area (Å²) in [6.07, 6.45) is 4.04. The third kappa shape index (κ3) is 2.77. The summed E-state index contributed by atoms with van der Waals surface area (Å²) in [6, 6.07) is 11.4. The summed E-state index contributed by atoms with van der Waals surface area (Å²) >= 11 is 0. The fourth-order valence-electron chi connectivity index (χ4n) is 1.35. The molecule has 0 radical (unpaired) electrons. The maximum absolute atomic E-state index is 5.57. The highest BCUT2D eigenvalue weighted by molar-refractivity contribution is 5.41. The van der Waals surface area contributed by atoms with Crippen LogP contribution in [0, 0.1) is 0 Å². The fourth-order valence-corrected chi connectivity index (χ4v) is 1.35. The van der Waals surface area contributed by atoms with Gasteiger partial charge in [-0.3, -0.25) is 0 Å². The number of aromatic nitrogens is 1. The fraction of sp³-hybridized carbons (Fsp3) is 0.167. The minimum absolute atomic E-state index is 0.665. The second-order valence-corrected chi connectivity index (χ2v) is 3.34. The Morgan fingerprint density at radius 2 is 1.73 bits per heavy atom. The average Bonchev–Trinajstić information content (AvgIpc) is 2.74. The van der Waals surface area contributed by atoms with Gasteiger partial charge < -0.3 is 15.0 Å². The minimum atomic E-state index is 0.665. The van der Waals surface area contributed by atoms with E-state index in [-0.39, 0.29) is 0 Å². The number of nitrogens with two attached hydrogens (primary N) is 1. The van der Waals surface area contributed by atoms with E-state index in [0.29, 0.717) is 6.61 Å². The summed E-state index contributed by atoms with van der Waals surface area (Å²) in [5.41, 5.74) is 6.33. The maximum atomic E-state index is 5.57. The van der Waals surface area contributed by atoms with Crippen molar-refractivity contribution < 1.29 is 4.74 Å². The third-order valence-electron chi connectivity index (χ3n) is 2.16. The van der Waals surface area contributed by atoms with Gasteiger partial charge in [0.15, 0.2) is 0 Å². The van der Waals surface area contributed by atoms with Crippen LogP contribution in [0.2, 0.25) is 0 Å². The maximum Gasteiger partial charge on any atom is 0.119 e. The molecule has 3 nitrogen and oxygen atoms in total. The first-order chi connectivity index (χ1) is 7.34. The van der Waals surface area contributed by atoms with E-state index in [1.807, 2.05) is 48.8 Å². The topological polar surface area (TPSA) is 40.2 Å². The van der Waals surface area contributed by atoms with E-state index in [1.54, 1.807) is 0 Å². The Balaban J connectivity index is 1.81. The predicted octanol–water partition coefficient (Wildman–Crippen LogP) is 2.15. The van der Waals surface area contributed by atoms with E-state index in [0.717, 1.165) is 18.0 Å². The Morgan fingerprint density at radius 3 is 2.40 bits per heavy atom. The monoisotopic (exact) mass is 202 g/mol. The highest BCUT2D eigenvalue weighted by atomic mass is 16.5. The van der Waals surface area contributed by atoms with Gasteiger partial charge in [-0.05, 0) is 36.4 Å². The van der Waals surface area contributed by atoms with Crippen molar-refractivity contribution >= 4 is 5.69 Å². The summed E-state index contributed by atoms with van der Waals surface area (Å²) in [6.45, 7) is 1.52. The molecule has 1 aromatic carbocycles. The molecule has 2 N–H and O–H groups in total. The van der Waals surface area contributed by atoms with Crippen LogP contribution in [0.1, 0.15) is 0 Å². The highest BCUT2D eigenvalue weighted by Crippen LogP contribution is 2.12. The second-order valence-electron chi connectivity index (χ2n) is 3.34. The number of nitrogens with zero attached hydrogens (tertiary/aromatic N) is 1. The standard InChI is InChI=1S/C12H14N2O/c13-11-3-5-12(6-4-11)15-10-9-14-7-1-2-8-14/h1-8H,9-10,13H2. The number of ether oxygens (including phenoxy) is 1. The smallest absolute Gasteiger partial charge is 0.119 e. The number of benzene rings is 1. The van der Waals surface area contributed by atoms with Crippen molar-refractivity contribution in [1.29, 1.82) is 0 Å². The summed E-state index contributed by atoms with van der Waals surface area (Å²) in [4.78, 5) is 0. The van der Waals surface area contributed by atoms with E-state index in [9.17, 15) is 0 Å². The Hall–Kier alpha value is -1.90. The van der Waals surface area contributed by atoms with Crippen LogP contribution in [0.25, 0.3) is 0 Å². The molecule has 0 spiro atoms. The zero-order valence-electron chi connectivity index (χ0n) is 8.47. The molecule has 0 aliphatic carbocycles. The summed E-state index contributed by atoms with van der Waals surface area (Å²) in [5, 5.41) is 0. The molecule has 2 rings (SSSR count). The van der Waals surface area contributed by atoms with Crippen LogP contribution in [-0.2, 0) is 6.54 Å². The lowest BCUT2D eigenvalue weighted by molar-refractivity contribution is 0.298. The lowest BCUT2D eigenvalue weighted by atomic mass is 10.3. The molecule has 78 valence electrons. The molecular formula is C12H14N2O. The zero-order chi connectivity index (χ0) is 10.5. The number of hydrogen-bond acceptors (Lipinski definition) is 2. The number of anilines is 1. The van der Waals surface area contributed by atoms with Crippen LogP contribution in [0.15, 0.2) is 48.8 Å². The van der Waals surface area contributed by atoms with E-state index < -0.39 is 0 Å². The van der Waals surface area contributed by atoms with Crippen molar-refractivity contribution in [3.05, 3.63) is 48.8 Å². The lowest BCUT2D eigenvalue weighted by Crippen LogP contribution is -2.06. The van der Waals surface area contributed by atoms with Crippen molar-refractivity contribution in [3.63, 3.8) is 0 Å². The first kappa shape index (κ1) is 9.65. The van der Waals surface area contributed by atoms with Crippen LogP contribution in [-0.4, -0.2) is 11.2 Å². The summed E-state index contributed by atoms with van der Waals surface area (Å²) in [5.74, 6) is 0.858. The van der Waals surface area contributed by atoms with Gasteiger partial charge in [-0.25, -0.2) is 0 Å². The molecule has 0 bridgehead atoms. The minimum Gasteiger partial charge on any atom is -0.492 e. The molecule has 15 heavy (non-hydrogen) atoms. The molecule has 0 unspecified atom stereocenters. The Bertz CT molecular complexity index is 392. The Labute approximate surface area is 89.1 Å². The van der Waals surface area contributed by atoms with Gasteiger partial charge in [-0.2, -0.15) is 0 Å². The lowest BCUT2D eigenvalue weighted by Gasteiger charge is -2.06. The first-order valence-corrected chi connectivity index (χ1v) is 4.94. The molecule has 0 fully saturated rings. The molecule has 0 saturated carbocycles. The van der Waals surface area contributed by atoms with Gasteiger partial charge in [-0.15, -0.1) is 0 Å². The van der Waals surface area contributed by atoms with Crippen LogP contribution in [0.4, 0.5) is 5.69 Å². The molecule has 0 saturated heterocycles. The molecule has 3 heteroatoms. The van der Waals surface area contributed by atoms with Crippen molar-refractivity contribution in [3.8, 4) is 5.75 Å². The molecule has 0 amide bonds. The number of nitrogen functional groups attached to an aromatic ring is 1. The molecule has 0 aliphatic heterocycles.